The molecule has 8 nitrogen and oxygen atoms in total. The minimum Gasteiger partial charge on any atom is -0.396 e. The zero-order chi connectivity index (χ0) is 25.1. The van der Waals surface area contributed by atoms with E-state index in [9.17, 15) is 9.18 Å². The molecular formula is C21H14B3Cl2FN6O2. The molecule has 35 heavy (non-hydrogen) atoms. The van der Waals surface area contributed by atoms with Gasteiger partial charge in [-0.25, -0.2) is 14.1 Å². The molecule has 1 fully saturated rings. The van der Waals surface area contributed by atoms with Crippen molar-refractivity contribution in [2.75, 3.05) is 13.1 Å². The van der Waals surface area contributed by atoms with Crippen LogP contribution in [0.3, 0.4) is 0 Å². The molecule has 170 valence electrons. The number of rotatable bonds is 4. The van der Waals surface area contributed by atoms with Gasteiger partial charge in [0.1, 0.15) is 11.7 Å². The number of carbonyl (C=O) groups is 1. The van der Waals surface area contributed by atoms with Gasteiger partial charge in [0.05, 0.1) is 51.1 Å². The van der Waals surface area contributed by atoms with Gasteiger partial charge in [0, 0.05) is 24.8 Å². The molecule has 0 aliphatic carbocycles. The summed E-state index contributed by atoms with van der Waals surface area (Å²) >= 11 is 12.9. The first-order valence-electron chi connectivity index (χ1n) is 10.5. The summed E-state index contributed by atoms with van der Waals surface area (Å²) in [6.07, 6.45) is 1.05. The number of aromatic nitrogens is 4. The molecule has 6 radical (unpaired) electrons. The van der Waals surface area contributed by atoms with Crippen molar-refractivity contribution < 1.29 is 13.9 Å². The Labute approximate surface area is 214 Å². The van der Waals surface area contributed by atoms with E-state index in [4.69, 9.17) is 51.5 Å². The zero-order valence-electron chi connectivity index (χ0n) is 18.3. The van der Waals surface area contributed by atoms with Gasteiger partial charge in [-0.2, -0.15) is 0 Å². The van der Waals surface area contributed by atoms with Crippen LogP contribution in [0.15, 0.2) is 35.5 Å². The average Bonchev–Trinajstić information content (AvgIpc) is 3.17. The third kappa shape index (κ3) is 4.39. The molecule has 3 aromatic rings. The number of ether oxygens (including phenoxy) is 1. The number of hydrogen-bond donors (Lipinski definition) is 0. The van der Waals surface area contributed by atoms with Crippen LogP contribution in [-0.4, -0.2) is 84.3 Å². The Morgan fingerprint density at radius 3 is 2.66 bits per heavy atom. The largest absolute Gasteiger partial charge is 0.396 e. The fourth-order valence-corrected chi connectivity index (χ4v) is 4.38. The van der Waals surface area contributed by atoms with E-state index >= 15 is 0 Å². The number of fused-ring (bicyclic) bond motifs is 3. The van der Waals surface area contributed by atoms with Crippen molar-refractivity contribution in [2.45, 2.75) is 24.4 Å². The first kappa shape index (κ1) is 24.0. The van der Waals surface area contributed by atoms with E-state index in [1.54, 1.807) is 19.1 Å². The predicted octanol–water partition coefficient (Wildman–Crippen LogP) is 1.98. The van der Waals surface area contributed by atoms with Crippen molar-refractivity contribution in [1.82, 2.24) is 24.6 Å². The molecule has 0 bridgehead atoms. The maximum Gasteiger partial charge on any atom is 0.293 e. The second-order valence-corrected chi connectivity index (χ2v) is 9.04. The number of aliphatic imine (C=N–C) groups is 1. The molecule has 4 heterocycles. The van der Waals surface area contributed by atoms with E-state index in [-0.39, 0.29) is 40.4 Å². The van der Waals surface area contributed by atoms with E-state index in [1.165, 1.54) is 27.9 Å². The number of hydrogen-bond acceptors (Lipinski definition) is 6. The molecule has 2 aliphatic heterocycles. The van der Waals surface area contributed by atoms with Crippen LogP contribution in [0.5, 0.6) is 0 Å². The van der Waals surface area contributed by atoms with Crippen molar-refractivity contribution >= 4 is 58.4 Å². The fraction of sp³-hybridized carbons (Fsp3) is 0.286. The molecule has 2 aromatic heterocycles. The second kappa shape index (κ2) is 8.76. The van der Waals surface area contributed by atoms with Gasteiger partial charge >= 0.3 is 0 Å². The van der Waals surface area contributed by atoms with Crippen LogP contribution in [0.1, 0.15) is 40.7 Å². The molecule has 14 heteroatoms. The third-order valence-electron chi connectivity index (χ3n) is 5.55. The van der Waals surface area contributed by atoms with Crippen molar-refractivity contribution in [3.8, 4) is 5.69 Å². The van der Waals surface area contributed by atoms with Gasteiger partial charge < -0.3 is 9.64 Å². The number of benzene rings is 1. The van der Waals surface area contributed by atoms with Gasteiger partial charge in [-0.1, -0.05) is 23.2 Å². The molecule has 1 aromatic carbocycles. The summed E-state index contributed by atoms with van der Waals surface area (Å²) < 4.78 is 21.4. The summed E-state index contributed by atoms with van der Waals surface area (Å²) in [4.78, 5) is 27.7. The van der Waals surface area contributed by atoms with E-state index < -0.39 is 29.2 Å². The fourth-order valence-electron chi connectivity index (χ4n) is 3.97. The maximum atomic E-state index is 14.7. The summed E-state index contributed by atoms with van der Waals surface area (Å²) in [6, 6.07) is 5.36. The second-order valence-electron chi connectivity index (χ2n) is 8.25. The van der Waals surface area contributed by atoms with Gasteiger partial charge in [0.25, 0.3) is 5.91 Å². The number of halogens is 3. The molecule has 5 rings (SSSR count). The summed E-state index contributed by atoms with van der Waals surface area (Å²) in [5, 5.41) is 3.04. The molecule has 0 saturated carbocycles. The van der Waals surface area contributed by atoms with Crippen LogP contribution in [0, 0.1) is 5.82 Å². The topological polar surface area (TPSA) is 85.5 Å². The monoisotopic (exact) mass is 504 g/mol. The SMILES string of the molecule is [B]C([B])([B])OC1CN(C(=O)c2nc3n(n2)-c2ccc(Cl)c(Cl)c2C(c2ncccc2F)=N[C@H]3C)C1. The quantitative estimate of drug-likeness (QED) is 0.507. The Morgan fingerprint density at radius 2 is 1.97 bits per heavy atom. The zero-order valence-corrected chi connectivity index (χ0v) is 19.8. The number of carbonyl (C=O) groups excluding carboxylic acids is 1. The number of pyridine rings is 1. The Hall–Kier alpha value is -2.69. The lowest BCUT2D eigenvalue weighted by atomic mass is 9.52. The van der Waals surface area contributed by atoms with Gasteiger partial charge in [0.15, 0.2) is 11.6 Å². The van der Waals surface area contributed by atoms with E-state index in [1.807, 2.05) is 0 Å². The summed E-state index contributed by atoms with van der Waals surface area (Å²) in [6.45, 7) is 2.20. The predicted molar refractivity (Wildman–Crippen MR) is 130 cm³/mol. The first-order chi connectivity index (χ1) is 16.5. The smallest absolute Gasteiger partial charge is 0.293 e. The standard InChI is InChI=1S/C21H14B3Cl2FN6O2/c1-9-19-30-18(20(34)32-7-10(8-32)35-21(22,23)24)31-33(19)13-5-4-11(25)15(26)14(13)17(29-9)16-12(27)3-2-6-28-16/h2-6,9-10H,7-8H2,1H3/t9-/m0/s1. The van der Waals surface area contributed by atoms with Crippen LogP contribution in [0.4, 0.5) is 4.39 Å². The van der Waals surface area contributed by atoms with Crippen molar-refractivity contribution in [3.05, 3.63) is 69.2 Å². The molecule has 1 saturated heterocycles. The molecule has 0 unspecified atom stereocenters. The van der Waals surface area contributed by atoms with Crippen LogP contribution < -0.4 is 0 Å². The van der Waals surface area contributed by atoms with Crippen molar-refractivity contribution in [2.24, 2.45) is 4.99 Å². The van der Waals surface area contributed by atoms with Crippen molar-refractivity contribution in [3.63, 3.8) is 0 Å². The van der Waals surface area contributed by atoms with Crippen LogP contribution in [-0.2, 0) is 4.74 Å². The highest BCUT2D eigenvalue weighted by molar-refractivity contribution is 6.58. The minimum absolute atomic E-state index is 0.00854. The highest BCUT2D eigenvalue weighted by Crippen LogP contribution is 2.37. The Morgan fingerprint density at radius 1 is 1.23 bits per heavy atom. The van der Waals surface area contributed by atoms with Crippen LogP contribution in [0.2, 0.25) is 10.0 Å². The van der Waals surface area contributed by atoms with Gasteiger partial charge in [-0.3, -0.25) is 14.8 Å². The highest BCUT2D eigenvalue weighted by atomic mass is 35.5. The van der Waals surface area contributed by atoms with Crippen LogP contribution in [0.25, 0.3) is 5.69 Å². The molecular weight excluding hydrogens is 491 g/mol. The molecule has 0 spiro atoms. The van der Waals surface area contributed by atoms with Crippen molar-refractivity contribution in [1.29, 1.82) is 0 Å². The minimum atomic E-state index is -1.79. The highest BCUT2D eigenvalue weighted by Gasteiger charge is 2.37. The molecule has 1 amide bonds. The Balaban J connectivity index is 1.55. The lowest BCUT2D eigenvalue weighted by molar-refractivity contribution is -0.0475. The number of likely N-dealkylation sites (tertiary alicyclic amines) is 1. The number of nitrogens with zero attached hydrogens (tertiary/aromatic N) is 6. The van der Waals surface area contributed by atoms with Gasteiger partial charge in [-0.05, 0) is 36.5 Å². The summed E-state index contributed by atoms with van der Waals surface area (Å²) in [7, 11) is 16.3. The lowest BCUT2D eigenvalue weighted by Crippen LogP contribution is -2.58. The molecule has 1 atom stereocenters. The summed E-state index contributed by atoms with van der Waals surface area (Å²) in [5.41, 5.74) is 0.969. The summed E-state index contributed by atoms with van der Waals surface area (Å²) in [5.74, 6) is -0.687. The third-order valence-corrected chi connectivity index (χ3v) is 6.35. The first-order valence-corrected chi connectivity index (χ1v) is 11.3. The molecule has 2 aliphatic rings. The van der Waals surface area contributed by atoms with Crippen LogP contribution >= 0.6 is 23.2 Å². The Bertz CT molecular complexity index is 1370. The van der Waals surface area contributed by atoms with Gasteiger partial charge in [0.2, 0.25) is 5.82 Å². The Kier molecular flexibility index (Phi) is 6.01. The number of amides is 1. The molecule has 0 N–H and O–H groups in total. The maximum absolute atomic E-state index is 14.7. The van der Waals surface area contributed by atoms with Gasteiger partial charge in [-0.15, -0.1) is 5.10 Å². The lowest BCUT2D eigenvalue weighted by Gasteiger charge is -2.42. The normalized spacial score (nSPS) is 17.8. The van der Waals surface area contributed by atoms with E-state index in [0.29, 0.717) is 17.1 Å². The van der Waals surface area contributed by atoms with E-state index in [2.05, 4.69) is 20.1 Å². The average molecular weight is 505 g/mol. The van der Waals surface area contributed by atoms with E-state index in [0.717, 1.165) is 0 Å².